The molecule has 0 aromatic carbocycles. The highest BCUT2D eigenvalue weighted by atomic mass is 15.4. The van der Waals surface area contributed by atoms with Crippen molar-refractivity contribution in [1.82, 2.24) is 35.0 Å². The molecule has 3 rings (SSSR count). The van der Waals surface area contributed by atoms with Crippen LogP contribution in [0.5, 0.6) is 0 Å². The second kappa shape index (κ2) is 5.70. The lowest BCUT2D eigenvalue weighted by Crippen LogP contribution is -2.12. The number of aromatic nitrogens is 7. The van der Waals surface area contributed by atoms with Crippen molar-refractivity contribution >= 4 is 5.82 Å². The van der Waals surface area contributed by atoms with Gasteiger partial charge in [0.15, 0.2) is 5.82 Å². The summed E-state index contributed by atoms with van der Waals surface area (Å²) < 4.78 is 3.53. The van der Waals surface area contributed by atoms with Crippen molar-refractivity contribution in [2.75, 3.05) is 11.9 Å². The Morgan fingerprint density at radius 1 is 1.19 bits per heavy atom. The standard InChI is InChI=1S/C13H16N8/c1-10-9-11(2)21(18-10)13-4-3-12(16-17-13)14-5-7-20-8-6-15-19-20/h3-4,6,8-9H,5,7H2,1-2H3,(H,14,16). The highest BCUT2D eigenvalue weighted by Crippen LogP contribution is 2.10. The molecule has 108 valence electrons. The summed E-state index contributed by atoms with van der Waals surface area (Å²) in [5.41, 5.74) is 2.00. The maximum Gasteiger partial charge on any atom is 0.176 e. The van der Waals surface area contributed by atoms with Crippen LogP contribution >= 0.6 is 0 Å². The first-order valence-corrected chi connectivity index (χ1v) is 6.68. The minimum absolute atomic E-state index is 0.706. The lowest BCUT2D eigenvalue weighted by Gasteiger charge is -2.06. The predicted molar refractivity (Wildman–Crippen MR) is 77.1 cm³/mol. The van der Waals surface area contributed by atoms with Gasteiger partial charge in [0.2, 0.25) is 0 Å². The van der Waals surface area contributed by atoms with E-state index in [1.807, 2.05) is 38.2 Å². The molecule has 0 saturated carbocycles. The summed E-state index contributed by atoms with van der Waals surface area (Å²) in [6, 6.07) is 5.79. The zero-order chi connectivity index (χ0) is 14.7. The van der Waals surface area contributed by atoms with Gasteiger partial charge in [-0.2, -0.15) is 5.10 Å². The fourth-order valence-electron chi connectivity index (χ4n) is 2.04. The number of hydrogen-bond donors (Lipinski definition) is 1. The molecular weight excluding hydrogens is 268 g/mol. The molecule has 0 unspecified atom stereocenters. The molecule has 8 heteroatoms. The SMILES string of the molecule is Cc1cc(C)n(-c2ccc(NCCn3ccnn3)nn2)n1. The third-order valence-electron chi connectivity index (χ3n) is 3.00. The van der Waals surface area contributed by atoms with Crippen molar-refractivity contribution in [3.63, 3.8) is 0 Å². The molecule has 0 atom stereocenters. The lowest BCUT2D eigenvalue weighted by molar-refractivity contribution is 0.608. The van der Waals surface area contributed by atoms with Gasteiger partial charge in [-0.05, 0) is 32.0 Å². The van der Waals surface area contributed by atoms with Gasteiger partial charge in [0.05, 0.1) is 18.4 Å². The maximum atomic E-state index is 4.38. The molecule has 0 saturated heterocycles. The van der Waals surface area contributed by atoms with E-state index >= 15 is 0 Å². The summed E-state index contributed by atoms with van der Waals surface area (Å²) >= 11 is 0. The van der Waals surface area contributed by atoms with Crippen molar-refractivity contribution < 1.29 is 0 Å². The lowest BCUT2D eigenvalue weighted by atomic mass is 10.4. The monoisotopic (exact) mass is 284 g/mol. The second-order valence-corrected chi connectivity index (χ2v) is 4.71. The van der Waals surface area contributed by atoms with Crippen molar-refractivity contribution in [2.24, 2.45) is 0 Å². The number of nitrogens with one attached hydrogen (secondary N) is 1. The van der Waals surface area contributed by atoms with Crippen LogP contribution in [-0.2, 0) is 6.54 Å². The van der Waals surface area contributed by atoms with Crippen LogP contribution in [0.3, 0.4) is 0 Å². The second-order valence-electron chi connectivity index (χ2n) is 4.71. The molecule has 3 heterocycles. The van der Waals surface area contributed by atoms with Crippen LogP contribution < -0.4 is 5.32 Å². The Hall–Kier alpha value is -2.77. The minimum Gasteiger partial charge on any atom is -0.367 e. The van der Waals surface area contributed by atoms with Gasteiger partial charge in [-0.25, -0.2) is 4.68 Å². The number of hydrogen-bond acceptors (Lipinski definition) is 6. The van der Waals surface area contributed by atoms with Crippen LogP contribution in [0.25, 0.3) is 5.82 Å². The average molecular weight is 284 g/mol. The van der Waals surface area contributed by atoms with Crippen molar-refractivity contribution in [3.8, 4) is 5.82 Å². The molecule has 3 aromatic rings. The van der Waals surface area contributed by atoms with Crippen molar-refractivity contribution in [2.45, 2.75) is 20.4 Å². The Kier molecular flexibility index (Phi) is 3.59. The molecular formula is C13H16N8. The third-order valence-corrected chi connectivity index (χ3v) is 3.00. The normalized spacial score (nSPS) is 10.8. The van der Waals surface area contributed by atoms with Crippen molar-refractivity contribution in [1.29, 1.82) is 0 Å². The van der Waals surface area contributed by atoms with Gasteiger partial charge in [0.1, 0.15) is 5.82 Å². The van der Waals surface area contributed by atoms with Gasteiger partial charge >= 0.3 is 0 Å². The quantitative estimate of drug-likeness (QED) is 0.751. The fraction of sp³-hybridized carbons (Fsp3) is 0.308. The Morgan fingerprint density at radius 3 is 2.71 bits per heavy atom. The highest BCUT2D eigenvalue weighted by molar-refractivity contribution is 5.36. The van der Waals surface area contributed by atoms with E-state index < -0.39 is 0 Å². The summed E-state index contributed by atoms with van der Waals surface area (Å²) in [7, 11) is 0. The Morgan fingerprint density at radius 2 is 2.10 bits per heavy atom. The number of rotatable bonds is 5. The first-order valence-electron chi connectivity index (χ1n) is 6.68. The van der Waals surface area contributed by atoms with E-state index in [0.29, 0.717) is 12.4 Å². The van der Waals surface area contributed by atoms with Gasteiger partial charge in [-0.1, -0.05) is 5.21 Å². The predicted octanol–water partition coefficient (Wildman–Crippen LogP) is 0.983. The van der Waals surface area contributed by atoms with Crippen LogP contribution in [0.1, 0.15) is 11.4 Å². The summed E-state index contributed by atoms with van der Waals surface area (Å²) in [5, 5.41) is 23.6. The summed E-state index contributed by atoms with van der Waals surface area (Å²) in [6.45, 7) is 5.38. The molecule has 0 aliphatic rings. The van der Waals surface area contributed by atoms with Crippen molar-refractivity contribution in [3.05, 3.63) is 42.0 Å². The Labute approximate surface area is 121 Å². The van der Waals surface area contributed by atoms with E-state index in [1.54, 1.807) is 15.6 Å². The zero-order valence-corrected chi connectivity index (χ0v) is 11.9. The van der Waals surface area contributed by atoms with Crippen LogP contribution in [-0.4, -0.2) is 41.5 Å². The third kappa shape index (κ3) is 3.04. The first kappa shape index (κ1) is 13.2. The van der Waals surface area contributed by atoms with E-state index in [1.165, 1.54) is 0 Å². The molecule has 0 spiro atoms. The maximum absolute atomic E-state index is 4.38. The zero-order valence-electron chi connectivity index (χ0n) is 11.9. The largest absolute Gasteiger partial charge is 0.367 e. The summed E-state index contributed by atoms with van der Waals surface area (Å²) in [4.78, 5) is 0. The van der Waals surface area contributed by atoms with E-state index in [2.05, 4.69) is 30.9 Å². The molecule has 0 bridgehead atoms. The first-order chi connectivity index (χ1) is 10.2. The molecule has 0 radical (unpaired) electrons. The molecule has 8 nitrogen and oxygen atoms in total. The van der Waals surface area contributed by atoms with E-state index in [0.717, 1.165) is 23.8 Å². The number of nitrogens with zero attached hydrogens (tertiary/aromatic N) is 7. The fourth-order valence-corrected chi connectivity index (χ4v) is 2.04. The van der Waals surface area contributed by atoms with Crippen LogP contribution in [0.2, 0.25) is 0 Å². The molecule has 0 amide bonds. The highest BCUT2D eigenvalue weighted by Gasteiger charge is 2.05. The topological polar surface area (TPSA) is 86.3 Å². The molecule has 0 fully saturated rings. The van der Waals surface area contributed by atoms with Crippen LogP contribution in [0.4, 0.5) is 5.82 Å². The molecule has 1 N–H and O–H groups in total. The number of aryl methyl sites for hydroxylation is 2. The van der Waals surface area contributed by atoms with E-state index in [9.17, 15) is 0 Å². The number of anilines is 1. The summed E-state index contributed by atoms with van der Waals surface area (Å²) in [5.74, 6) is 1.43. The Bertz CT molecular complexity index is 698. The molecule has 0 aliphatic carbocycles. The van der Waals surface area contributed by atoms with E-state index in [-0.39, 0.29) is 0 Å². The smallest absolute Gasteiger partial charge is 0.176 e. The van der Waals surface area contributed by atoms with Gasteiger partial charge < -0.3 is 5.32 Å². The van der Waals surface area contributed by atoms with Gasteiger partial charge in [0, 0.05) is 18.4 Å². The minimum atomic E-state index is 0.706. The average Bonchev–Trinajstić information content (AvgIpc) is 3.09. The Balaban J connectivity index is 1.63. The molecule has 0 aliphatic heterocycles. The molecule has 3 aromatic heterocycles. The van der Waals surface area contributed by atoms with Gasteiger partial charge in [-0.3, -0.25) is 4.68 Å². The van der Waals surface area contributed by atoms with Crippen LogP contribution in [0.15, 0.2) is 30.6 Å². The molecule has 21 heavy (non-hydrogen) atoms. The van der Waals surface area contributed by atoms with Gasteiger partial charge in [0.25, 0.3) is 0 Å². The van der Waals surface area contributed by atoms with Gasteiger partial charge in [-0.15, -0.1) is 15.3 Å². The van der Waals surface area contributed by atoms with E-state index in [4.69, 9.17) is 0 Å². The van der Waals surface area contributed by atoms with Crippen LogP contribution in [0, 0.1) is 13.8 Å². The summed E-state index contributed by atoms with van der Waals surface area (Å²) in [6.07, 6.45) is 3.47.